The van der Waals surface area contributed by atoms with Crippen LogP contribution in [-0.2, 0) is 15.9 Å². The molecular weight excluding hydrogens is 369 g/mol. The standard InChI is InChI=1S/C13H16BrClFNO2S/c1-8(9-3-4-9)17(2)20(18,19)12-6-11(14)5-10(7-15)13(12)16/h5-6,8-9H,3-4,7H2,1-2H3. The monoisotopic (exact) mass is 383 g/mol. The van der Waals surface area contributed by atoms with Crippen molar-refractivity contribution in [2.45, 2.75) is 36.6 Å². The van der Waals surface area contributed by atoms with Gasteiger partial charge in [-0.15, -0.1) is 11.6 Å². The summed E-state index contributed by atoms with van der Waals surface area (Å²) in [5.74, 6) is -0.467. The predicted octanol–water partition coefficient (Wildman–Crippen LogP) is 3.75. The molecule has 0 heterocycles. The molecule has 0 aliphatic heterocycles. The van der Waals surface area contributed by atoms with Gasteiger partial charge in [0.25, 0.3) is 0 Å². The van der Waals surface area contributed by atoms with Gasteiger partial charge in [-0.05, 0) is 37.8 Å². The van der Waals surface area contributed by atoms with Crippen LogP contribution in [0.15, 0.2) is 21.5 Å². The topological polar surface area (TPSA) is 37.4 Å². The SMILES string of the molecule is CC(C1CC1)N(C)S(=O)(=O)c1cc(Br)cc(CCl)c1F. The van der Waals surface area contributed by atoms with E-state index in [1.54, 1.807) is 0 Å². The van der Waals surface area contributed by atoms with E-state index in [0.717, 1.165) is 12.8 Å². The van der Waals surface area contributed by atoms with Crippen LogP contribution in [-0.4, -0.2) is 25.8 Å². The van der Waals surface area contributed by atoms with Gasteiger partial charge in [-0.25, -0.2) is 12.8 Å². The Morgan fingerprint density at radius 3 is 2.60 bits per heavy atom. The lowest BCUT2D eigenvalue weighted by atomic mass is 10.2. The minimum Gasteiger partial charge on any atom is -0.207 e. The maximum atomic E-state index is 14.3. The van der Waals surface area contributed by atoms with Crippen LogP contribution in [0, 0.1) is 11.7 Å². The molecule has 0 amide bonds. The van der Waals surface area contributed by atoms with Crippen molar-refractivity contribution in [1.82, 2.24) is 4.31 Å². The predicted molar refractivity (Wildman–Crippen MR) is 80.8 cm³/mol. The summed E-state index contributed by atoms with van der Waals surface area (Å²) >= 11 is 8.86. The summed E-state index contributed by atoms with van der Waals surface area (Å²) in [6, 6.07) is 2.65. The number of halogens is 3. The molecule has 2 rings (SSSR count). The summed E-state index contributed by atoms with van der Waals surface area (Å²) in [6.45, 7) is 1.85. The van der Waals surface area contributed by atoms with Crippen LogP contribution in [0.25, 0.3) is 0 Å². The first-order valence-electron chi connectivity index (χ1n) is 6.31. The minimum absolute atomic E-state index is 0.0737. The fourth-order valence-electron chi connectivity index (χ4n) is 2.15. The Bertz CT molecular complexity index is 619. The number of hydrogen-bond donors (Lipinski definition) is 0. The lowest BCUT2D eigenvalue weighted by Crippen LogP contribution is -2.37. The molecule has 1 fully saturated rings. The Morgan fingerprint density at radius 2 is 2.10 bits per heavy atom. The molecule has 0 saturated heterocycles. The fourth-order valence-corrected chi connectivity index (χ4v) is 4.56. The Labute approximate surface area is 132 Å². The Balaban J connectivity index is 2.45. The number of rotatable bonds is 5. The third-order valence-electron chi connectivity index (χ3n) is 3.76. The lowest BCUT2D eigenvalue weighted by Gasteiger charge is -2.24. The van der Waals surface area contributed by atoms with Gasteiger partial charge in [-0.1, -0.05) is 15.9 Å². The van der Waals surface area contributed by atoms with Gasteiger partial charge < -0.3 is 0 Å². The van der Waals surface area contributed by atoms with Crippen molar-refractivity contribution in [2.24, 2.45) is 5.92 Å². The molecule has 0 bridgehead atoms. The van der Waals surface area contributed by atoms with Crippen molar-refractivity contribution in [3.05, 3.63) is 28.0 Å². The highest BCUT2D eigenvalue weighted by atomic mass is 79.9. The summed E-state index contributed by atoms with van der Waals surface area (Å²) in [4.78, 5) is -0.322. The Kier molecular flexibility index (Phi) is 4.79. The van der Waals surface area contributed by atoms with E-state index in [1.807, 2.05) is 6.92 Å². The highest BCUT2D eigenvalue weighted by molar-refractivity contribution is 9.10. The normalized spacial score (nSPS) is 17.5. The van der Waals surface area contributed by atoms with Crippen LogP contribution in [0.3, 0.4) is 0 Å². The molecule has 1 aliphatic carbocycles. The fraction of sp³-hybridized carbons (Fsp3) is 0.538. The first kappa shape index (κ1) is 16.2. The van der Waals surface area contributed by atoms with Gasteiger partial charge in [0.1, 0.15) is 10.7 Å². The molecule has 0 spiro atoms. The zero-order chi connectivity index (χ0) is 15.1. The maximum absolute atomic E-state index is 14.3. The highest BCUT2D eigenvalue weighted by Gasteiger charge is 2.37. The van der Waals surface area contributed by atoms with Gasteiger partial charge in [-0.3, -0.25) is 0 Å². The summed E-state index contributed by atoms with van der Waals surface area (Å²) in [7, 11) is -2.36. The van der Waals surface area contributed by atoms with E-state index in [9.17, 15) is 12.8 Å². The second-order valence-corrected chi connectivity index (χ2v) is 8.26. The first-order chi connectivity index (χ1) is 9.28. The van der Waals surface area contributed by atoms with Crippen LogP contribution >= 0.6 is 27.5 Å². The molecule has 1 aliphatic rings. The van der Waals surface area contributed by atoms with E-state index in [1.165, 1.54) is 23.5 Å². The molecule has 1 atom stereocenters. The second-order valence-electron chi connectivity index (χ2n) is 5.11. The summed E-state index contributed by atoms with van der Waals surface area (Å²) < 4.78 is 41.2. The molecule has 0 radical (unpaired) electrons. The van der Waals surface area contributed by atoms with Crippen molar-refractivity contribution >= 4 is 37.6 Å². The van der Waals surface area contributed by atoms with E-state index in [-0.39, 0.29) is 22.4 Å². The van der Waals surface area contributed by atoms with E-state index in [4.69, 9.17) is 11.6 Å². The van der Waals surface area contributed by atoms with Crippen molar-refractivity contribution in [1.29, 1.82) is 0 Å². The van der Waals surface area contributed by atoms with Crippen molar-refractivity contribution < 1.29 is 12.8 Å². The smallest absolute Gasteiger partial charge is 0.207 e. The van der Waals surface area contributed by atoms with Crippen molar-refractivity contribution in [3.8, 4) is 0 Å². The quantitative estimate of drug-likeness (QED) is 0.725. The molecule has 0 N–H and O–H groups in total. The van der Waals surface area contributed by atoms with Gasteiger partial charge in [0, 0.05) is 23.1 Å². The Morgan fingerprint density at radius 1 is 1.50 bits per heavy atom. The number of nitrogens with zero attached hydrogens (tertiary/aromatic N) is 1. The van der Waals surface area contributed by atoms with Gasteiger partial charge in [-0.2, -0.15) is 4.31 Å². The number of benzene rings is 1. The molecule has 7 heteroatoms. The summed E-state index contributed by atoms with van der Waals surface area (Å²) in [5, 5.41) is 0. The molecule has 3 nitrogen and oxygen atoms in total. The number of hydrogen-bond acceptors (Lipinski definition) is 2. The molecule has 20 heavy (non-hydrogen) atoms. The number of sulfonamides is 1. The third-order valence-corrected chi connectivity index (χ3v) is 6.45. The average Bonchev–Trinajstić information content (AvgIpc) is 3.23. The van der Waals surface area contributed by atoms with E-state index in [0.29, 0.717) is 10.4 Å². The van der Waals surface area contributed by atoms with Crippen LogP contribution in [0.5, 0.6) is 0 Å². The third kappa shape index (κ3) is 3.03. The zero-order valence-electron chi connectivity index (χ0n) is 11.2. The van der Waals surface area contributed by atoms with Gasteiger partial charge >= 0.3 is 0 Å². The summed E-state index contributed by atoms with van der Waals surface area (Å²) in [6.07, 6.45) is 2.05. The van der Waals surface area contributed by atoms with Gasteiger partial charge in [0.15, 0.2) is 0 Å². The molecule has 1 saturated carbocycles. The van der Waals surface area contributed by atoms with Gasteiger partial charge in [0.2, 0.25) is 10.0 Å². The van der Waals surface area contributed by atoms with Crippen molar-refractivity contribution in [2.75, 3.05) is 7.05 Å². The van der Waals surface area contributed by atoms with E-state index in [2.05, 4.69) is 15.9 Å². The minimum atomic E-state index is -3.86. The van der Waals surface area contributed by atoms with Crippen LogP contribution in [0.1, 0.15) is 25.3 Å². The van der Waals surface area contributed by atoms with Crippen molar-refractivity contribution in [3.63, 3.8) is 0 Å². The molecular formula is C13H16BrClFNO2S. The first-order valence-corrected chi connectivity index (χ1v) is 9.07. The Hall–Kier alpha value is -0.170. The molecule has 112 valence electrons. The second kappa shape index (κ2) is 5.91. The lowest BCUT2D eigenvalue weighted by molar-refractivity contribution is 0.355. The van der Waals surface area contributed by atoms with Gasteiger partial charge in [0.05, 0.1) is 5.88 Å². The largest absolute Gasteiger partial charge is 0.246 e. The average molecular weight is 385 g/mol. The number of alkyl halides is 1. The van der Waals surface area contributed by atoms with Crippen LogP contribution in [0.2, 0.25) is 0 Å². The molecule has 0 aromatic heterocycles. The van der Waals surface area contributed by atoms with E-state index >= 15 is 0 Å². The molecule has 1 unspecified atom stereocenters. The molecule has 1 aromatic rings. The highest BCUT2D eigenvalue weighted by Crippen LogP contribution is 2.37. The molecule has 1 aromatic carbocycles. The summed E-state index contributed by atoms with van der Waals surface area (Å²) in [5.41, 5.74) is 0.173. The maximum Gasteiger partial charge on any atom is 0.246 e. The van der Waals surface area contributed by atoms with E-state index < -0.39 is 15.8 Å². The van der Waals surface area contributed by atoms with Crippen LogP contribution in [0.4, 0.5) is 4.39 Å². The zero-order valence-corrected chi connectivity index (χ0v) is 14.4. The van der Waals surface area contributed by atoms with Crippen LogP contribution < -0.4 is 0 Å².